The first-order valence-corrected chi connectivity index (χ1v) is 6.55. The summed E-state index contributed by atoms with van der Waals surface area (Å²) in [5.74, 6) is 0.638. The Bertz CT molecular complexity index is 482. The van der Waals surface area contributed by atoms with Gasteiger partial charge in [0.15, 0.2) is 0 Å². The van der Waals surface area contributed by atoms with Crippen molar-refractivity contribution < 1.29 is 4.79 Å². The summed E-state index contributed by atoms with van der Waals surface area (Å²) in [6.45, 7) is 0.659. The monoisotopic (exact) mass is 245 g/mol. The predicted molar refractivity (Wildman–Crippen MR) is 71.2 cm³/mol. The van der Waals surface area contributed by atoms with Crippen LogP contribution in [0, 0.1) is 5.92 Å². The van der Waals surface area contributed by atoms with Crippen LogP contribution in [-0.4, -0.2) is 18.0 Å². The second kappa shape index (κ2) is 4.28. The van der Waals surface area contributed by atoms with Crippen molar-refractivity contribution in [1.82, 2.24) is 4.90 Å². The lowest BCUT2D eigenvalue weighted by atomic mass is 9.77. The molecule has 1 heterocycles. The molecule has 3 N–H and O–H groups in total. The van der Waals surface area contributed by atoms with Gasteiger partial charge in [-0.15, -0.1) is 0 Å². The van der Waals surface area contributed by atoms with Crippen LogP contribution in [0.5, 0.6) is 0 Å². The number of benzene rings is 1. The number of carbonyl (C=O) groups excluding carboxylic acids is 1. The van der Waals surface area contributed by atoms with Gasteiger partial charge in [0.2, 0.25) is 0 Å². The summed E-state index contributed by atoms with van der Waals surface area (Å²) in [7, 11) is 1.80. The summed E-state index contributed by atoms with van der Waals surface area (Å²) >= 11 is 0. The molecule has 4 nitrogen and oxygen atoms in total. The SMILES string of the molecule is CN1Cc2cc(C(N)C3CCC3)ccc2NC1=O. The maximum Gasteiger partial charge on any atom is 0.321 e. The maximum absolute atomic E-state index is 11.5. The molecule has 1 aromatic carbocycles. The zero-order valence-corrected chi connectivity index (χ0v) is 10.6. The first-order valence-electron chi connectivity index (χ1n) is 6.55. The molecule has 0 spiro atoms. The van der Waals surface area contributed by atoms with Crippen molar-refractivity contribution in [2.75, 3.05) is 12.4 Å². The first-order chi connectivity index (χ1) is 8.65. The number of amides is 2. The summed E-state index contributed by atoms with van der Waals surface area (Å²) < 4.78 is 0. The van der Waals surface area contributed by atoms with Crippen molar-refractivity contribution in [2.45, 2.75) is 31.8 Å². The van der Waals surface area contributed by atoms with Gasteiger partial charge in [-0.25, -0.2) is 4.79 Å². The van der Waals surface area contributed by atoms with Gasteiger partial charge in [0.05, 0.1) is 0 Å². The Hall–Kier alpha value is -1.55. The standard InChI is InChI=1S/C14H19N3O/c1-17-8-11-7-10(13(15)9-3-2-4-9)5-6-12(11)16-14(17)18/h5-7,9,13H,2-4,8,15H2,1H3,(H,16,18). The molecule has 0 aromatic heterocycles. The number of hydrogen-bond donors (Lipinski definition) is 2. The topological polar surface area (TPSA) is 58.4 Å². The van der Waals surface area contributed by atoms with Gasteiger partial charge in [-0.1, -0.05) is 18.6 Å². The third-order valence-corrected chi connectivity index (χ3v) is 4.17. The summed E-state index contributed by atoms with van der Waals surface area (Å²) in [5, 5.41) is 2.88. The van der Waals surface area contributed by atoms with Crippen molar-refractivity contribution in [3.8, 4) is 0 Å². The molecular formula is C14H19N3O. The van der Waals surface area contributed by atoms with E-state index in [4.69, 9.17) is 5.73 Å². The molecule has 1 aromatic rings. The molecule has 2 aliphatic rings. The molecule has 1 saturated carbocycles. The number of anilines is 1. The van der Waals surface area contributed by atoms with E-state index in [1.54, 1.807) is 11.9 Å². The fraction of sp³-hybridized carbons (Fsp3) is 0.500. The van der Waals surface area contributed by atoms with Gasteiger partial charge in [-0.3, -0.25) is 0 Å². The third kappa shape index (κ3) is 1.86. The highest BCUT2D eigenvalue weighted by molar-refractivity contribution is 5.92. The first kappa shape index (κ1) is 11.5. The van der Waals surface area contributed by atoms with Gasteiger partial charge in [0.25, 0.3) is 0 Å². The van der Waals surface area contributed by atoms with Crippen LogP contribution in [-0.2, 0) is 6.54 Å². The average molecular weight is 245 g/mol. The van der Waals surface area contributed by atoms with Crippen LogP contribution in [0.3, 0.4) is 0 Å². The Balaban J connectivity index is 1.86. The van der Waals surface area contributed by atoms with Crippen LogP contribution in [0.2, 0.25) is 0 Å². The second-order valence-corrected chi connectivity index (χ2v) is 5.42. The number of urea groups is 1. The molecular weight excluding hydrogens is 226 g/mol. The second-order valence-electron chi connectivity index (χ2n) is 5.42. The van der Waals surface area contributed by atoms with E-state index in [0.29, 0.717) is 12.5 Å². The molecule has 1 unspecified atom stereocenters. The summed E-state index contributed by atoms with van der Waals surface area (Å²) in [6.07, 6.45) is 3.80. The van der Waals surface area contributed by atoms with Crippen molar-refractivity contribution in [3.63, 3.8) is 0 Å². The molecule has 4 heteroatoms. The van der Waals surface area contributed by atoms with Crippen molar-refractivity contribution >= 4 is 11.7 Å². The normalized spacial score (nSPS) is 21.0. The Labute approximate surface area is 107 Å². The van der Waals surface area contributed by atoms with Crippen LogP contribution in [0.15, 0.2) is 18.2 Å². The zero-order chi connectivity index (χ0) is 12.7. The molecule has 96 valence electrons. The summed E-state index contributed by atoms with van der Waals surface area (Å²) in [6, 6.07) is 6.28. The Morgan fingerprint density at radius 1 is 1.44 bits per heavy atom. The van der Waals surface area contributed by atoms with E-state index in [0.717, 1.165) is 11.3 Å². The number of hydrogen-bond acceptors (Lipinski definition) is 2. The van der Waals surface area contributed by atoms with E-state index in [9.17, 15) is 4.79 Å². The predicted octanol–water partition coefficient (Wildman–Crippen LogP) is 2.46. The lowest BCUT2D eigenvalue weighted by Crippen LogP contribution is -2.35. The fourth-order valence-corrected chi connectivity index (χ4v) is 2.68. The lowest BCUT2D eigenvalue weighted by Gasteiger charge is -2.32. The third-order valence-electron chi connectivity index (χ3n) is 4.17. The van der Waals surface area contributed by atoms with Crippen LogP contribution in [0.1, 0.15) is 36.4 Å². The van der Waals surface area contributed by atoms with E-state index in [1.807, 2.05) is 12.1 Å². The molecule has 3 rings (SSSR count). The van der Waals surface area contributed by atoms with E-state index in [1.165, 1.54) is 24.8 Å². The Morgan fingerprint density at radius 3 is 2.89 bits per heavy atom. The number of carbonyl (C=O) groups is 1. The van der Waals surface area contributed by atoms with Crippen LogP contribution < -0.4 is 11.1 Å². The minimum Gasteiger partial charge on any atom is -0.324 e. The molecule has 1 aliphatic carbocycles. The van der Waals surface area contributed by atoms with Crippen LogP contribution >= 0.6 is 0 Å². The molecule has 18 heavy (non-hydrogen) atoms. The summed E-state index contributed by atoms with van der Waals surface area (Å²) in [5.41, 5.74) is 9.57. The number of nitrogens with one attached hydrogen (secondary N) is 1. The van der Waals surface area contributed by atoms with Crippen molar-refractivity contribution in [3.05, 3.63) is 29.3 Å². The largest absolute Gasteiger partial charge is 0.324 e. The van der Waals surface area contributed by atoms with Crippen molar-refractivity contribution in [1.29, 1.82) is 0 Å². The Morgan fingerprint density at radius 2 is 2.22 bits per heavy atom. The minimum atomic E-state index is -0.0430. The summed E-state index contributed by atoms with van der Waals surface area (Å²) in [4.78, 5) is 13.2. The van der Waals surface area contributed by atoms with Gasteiger partial charge in [-0.05, 0) is 36.0 Å². The molecule has 1 atom stereocenters. The lowest BCUT2D eigenvalue weighted by molar-refractivity contribution is 0.218. The highest BCUT2D eigenvalue weighted by Crippen LogP contribution is 2.37. The Kier molecular flexibility index (Phi) is 2.74. The minimum absolute atomic E-state index is 0.0430. The smallest absolute Gasteiger partial charge is 0.321 e. The van der Waals surface area contributed by atoms with Crippen molar-refractivity contribution in [2.24, 2.45) is 11.7 Å². The number of rotatable bonds is 2. The van der Waals surface area contributed by atoms with Gasteiger partial charge in [0.1, 0.15) is 0 Å². The quantitative estimate of drug-likeness (QED) is 0.841. The van der Waals surface area contributed by atoms with E-state index >= 15 is 0 Å². The number of nitrogens with zero attached hydrogens (tertiary/aromatic N) is 1. The molecule has 0 bridgehead atoms. The van der Waals surface area contributed by atoms with Gasteiger partial charge in [0, 0.05) is 25.3 Å². The van der Waals surface area contributed by atoms with E-state index in [2.05, 4.69) is 11.4 Å². The van der Waals surface area contributed by atoms with Gasteiger partial charge in [-0.2, -0.15) is 0 Å². The van der Waals surface area contributed by atoms with Crippen LogP contribution in [0.25, 0.3) is 0 Å². The molecule has 1 fully saturated rings. The number of fused-ring (bicyclic) bond motifs is 1. The molecule has 2 amide bonds. The fourth-order valence-electron chi connectivity index (χ4n) is 2.68. The van der Waals surface area contributed by atoms with Crippen LogP contribution in [0.4, 0.5) is 10.5 Å². The van der Waals surface area contributed by atoms with E-state index < -0.39 is 0 Å². The van der Waals surface area contributed by atoms with E-state index in [-0.39, 0.29) is 12.1 Å². The molecule has 0 saturated heterocycles. The average Bonchev–Trinajstić information content (AvgIpc) is 2.27. The highest BCUT2D eigenvalue weighted by atomic mass is 16.2. The molecule has 1 aliphatic heterocycles. The number of nitrogens with two attached hydrogens (primary N) is 1. The molecule has 0 radical (unpaired) electrons. The highest BCUT2D eigenvalue weighted by Gasteiger charge is 2.27. The van der Waals surface area contributed by atoms with Gasteiger partial charge < -0.3 is 16.0 Å². The zero-order valence-electron chi connectivity index (χ0n) is 10.6. The maximum atomic E-state index is 11.5. The van der Waals surface area contributed by atoms with Gasteiger partial charge >= 0.3 is 6.03 Å².